The van der Waals surface area contributed by atoms with Gasteiger partial charge in [-0.05, 0) is 57.1 Å². The number of carbonyl (C=O) groups excluding carboxylic acids is 1. The zero-order valence-corrected chi connectivity index (χ0v) is 22.7. The number of nitrogens with zero attached hydrogens (tertiary/aromatic N) is 1. The molecule has 2 atom stereocenters. The van der Waals surface area contributed by atoms with E-state index in [4.69, 9.17) is 35.0 Å². The number of carboxylic acid groups (broad SMARTS) is 2. The van der Waals surface area contributed by atoms with Crippen molar-refractivity contribution in [3.8, 4) is 5.75 Å². The molecule has 5 N–H and O–H groups in total. The standard InChI is InChI=1S/C23H37N3O3.2C2H4O2/c1-17-5-3-6-18(2)22(17)29-12-4-11-25-23(27)19-7-8-20(24)16-26(15-19)21-9-13-28-14-10-21;2*1-2(3)4/h3,5-6,19-21H,4,7-16,24H2,1-2H3,(H,25,27);2*1H3,(H,3,4)/t19-,20+;;/m1../s1. The Hall–Kier alpha value is -2.69. The van der Waals surface area contributed by atoms with Gasteiger partial charge in [0.25, 0.3) is 11.9 Å². The summed E-state index contributed by atoms with van der Waals surface area (Å²) in [7, 11) is 0. The van der Waals surface area contributed by atoms with Crippen LogP contribution in [0.3, 0.4) is 0 Å². The molecule has 0 saturated carbocycles. The largest absolute Gasteiger partial charge is 0.493 e. The van der Waals surface area contributed by atoms with Gasteiger partial charge in [0.2, 0.25) is 5.91 Å². The maximum Gasteiger partial charge on any atom is 0.300 e. The lowest BCUT2D eigenvalue weighted by atomic mass is 10.0. The van der Waals surface area contributed by atoms with Crippen molar-refractivity contribution in [1.29, 1.82) is 0 Å². The Morgan fingerprint density at radius 1 is 1.03 bits per heavy atom. The van der Waals surface area contributed by atoms with Crippen LogP contribution < -0.4 is 15.8 Å². The second-order valence-electron chi connectivity index (χ2n) is 9.58. The normalized spacial score (nSPS) is 20.2. The average molecular weight is 524 g/mol. The Balaban J connectivity index is 0.000000751. The van der Waals surface area contributed by atoms with Crippen LogP contribution >= 0.6 is 0 Å². The van der Waals surface area contributed by atoms with Crippen LogP contribution in [0.1, 0.15) is 57.1 Å². The molecule has 0 aromatic heterocycles. The van der Waals surface area contributed by atoms with E-state index in [0.717, 1.165) is 89.1 Å². The van der Waals surface area contributed by atoms with E-state index in [1.54, 1.807) is 0 Å². The zero-order valence-electron chi connectivity index (χ0n) is 22.7. The van der Waals surface area contributed by atoms with E-state index < -0.39 is 11.9 Å². The van der Waals surface area contributed by atoms with Crippen LogP contribution in [0.5, 0.6) is 5.75 Å². The monoisotopic (exact) mass is 523 g/mol. The van der Waals surface area contributed by atoms with E-state index in [1.165, 1.54) is 0 Å². The van der Waals surface area contributed by atoms with Crippen LogP contribution in [-0.4, -0.2) is 84.5 Å². The van der Waals surface area contributed by atoms with Crippen molar-refractivity contribution in [1.82, 2.24) is 10.2 Å². The molecular weight excluding hydrogens is 478 g/mol. The number of hydrogen-bond acceptors (Lipinski definition) is 7. The molecule has 37 heavy (non-hydrogen) atoms. The number of ether oxygens (including phenoxy) is 2. The van der Waals surface area contributed by atoms with Crippen LogP contribution in [0.2, 0.25) is 0 Å². The highest BCUT2D eigenvalue weighted by Gasteiger charge is 2.31. The second kappa shape index (κ2) is 17.7. The number of rotatable bonds is 7. The molecule has 1 aromatic carbocycles. The number of para-hydroxylation sites is 1. The second-order valence-corrected chi connectivity index (χ2v) is 9.58. The minimum atomic E-state index is -0.833. The molecule has 210 valence electrons. The van der Waals surface area contributed by atoms with Crippen molar-refractivity contribution in [3.05, 3.63) is 29.3 Å². The van der Waals surface area contributed by atoms with E-state index in [1.807, 2.05) is 6.07 Å². The quantitative estimate of drug-likeness (QED) is 0.395. The van der Waals surface area contributed by atoms with Gasteiger partial charge in [-0.1, -0.05) is 18.2 Å². The number of carboxylic acids is 2. The summed E-state index contributed by atoms with van der Waals surface area (Å²) in [6.45, 7) is 10.9. The molecule has 2 aliphatic heterocycles. The minimum absolute atomic E-state index is 0.0194. The van der Waals surface area contributed by atoms with Crippen molar-refractivity contribution in [2.75, 3.05) is 39.5 Å². The van der Waals surface area contributed by atoms with Gasteiger partial charge in [0.1, 0.15) is 5.75 Å². The highest BCUT2D eigenvalue weighted by Crippen LogP contribution is 2.23. The average Bonchev–Trinajstić information content (AvgIpc) is 3.02. The maximum atomic E-state index is 12.8. The summed E-state index contributed by atoms with van der Waals surface area (Å²) < 4.78 is 11.4. The fraction of sp³-hybridized carbons (Fsp3) is 0.667. The molecular formula is C27H45N3O7. The van der Waals surface area contributed by atoms with Crippen LogP contribution in [0, 0.1) is 19.8 Å². The van der Waals surface area contributed by atoms with E-state index in [-0.39, 0.29) is 17.9 Å². The molecule has 2 fully saturated rings. The summed E-state index contributed by atoms with van der Waals surface area (Å²) >= 11 is 0. The van der Waals surface area contributed by atoms with Crippen molar-refractivity contribution in [2.45, 2.75) is 71.9 Å². The van der Waals surface area contributed by atoms with Gasteiger partial charge < -0.3 is 30.7 Å². The SMILES string of the molecule is CC(=O)O.CC(=O)O.Cc1cccc(C)c1OCCCNC(=O)[C@@H]1CC[C@H](N)CN(C2CCOCC2)C1. The Kier molecular flexibility index (Phi) is 15.5. The number of likely N-dealkylation sites (tertiary alicyclic amines) is 1. The van der Waals surface area contributed by atoms with E-state index in [9.17, 15) is 4.79 Å². The smallest absolute Gasteiger partial charge is 0.300 e. The fourth-order valence-corrected chi connectivity index (χ4v) is 4.45. The van der Waals surface area contributed by atoms with E-state index in [2.05, 4.69) is 36.2 Å². The lowest BCUT2D eigenvalue weighted by Gasteiger charge is -2.35. The molecule has 1 amide bonds. The van der Waals surface area contributed by atoms with Gasteiger partial charge in [-0.15, -0.1) is 0 Å². The van der Waals surface area contributed by atoms with E-state index in [0.29, 0.717) is 19.2 Å². The molecule has 0 radical (unpaired) electrons. The van der Waals surface area contributed by atoms with Crippen molar-refractivity contribution >= 4 is 17.8 Å². The fourth-order valence-electron chi connectivity index (χ4n) is 4.45. The molecule has 0 aliphatic carbocycles. The first-order valence-corrected chi connectivity index (χ1v) is 12.9. The summed E-state index contributed by atoms with van der Waals surface area (Å²) in [5.41, 5.74) is 8.59. The number of nitrogens with one attached hydrogen (secondary N) is 1. The third-order valence-electron chi connectivity index (χ3n) is 6.16. The molecule has 2 saturated heterocycles. The molecule has 0 spiro atoms. The Labute approximate surface area is 220 Å². The molecule has 2 aliphatic rings. The molecule has 1 aromatic rings. The van der Waals surface area contributed by atoms with Gasteiger partial charge in [0.15, 0.2) is 0 Å². The molecule has 3 rings (SSSR count). The van der Waals surface area contributed by atoms with Gasteiger partial charge in [-0.25, -0.2) is 0 Å². The van der Waals surface area contributed by atoms with Gasteiger partial charge >= 0.3 is 0 Å². The predicted molar refractivity (Wildman–Crippen MR) is 142 cm³/mol. The first-order valence-electron chi connectivity index (χ1n) is 12.9. The first kappa shape index (κ1) is 32.3. The number of nitrogens with two attached hydrogens (primary N) is 1. The van der Waals surface area contributed by atoms with Crippen LogP contribution in [0.25, 0.3) is 0 Å². The molecule has 10 heteroatoms. The summed E-state index contributed by atoms with van der Waals surface area (Å²) in [5.74, 6) is -0.530. The highest BCUT2D eigenvalue weighted by atomic mass is 16.5. The maximum absolute atomic E-state index is 12.8. The Bertz CT molecular complexity index is 803. The van der Waals surface area contributed by atoms with Gasteiger partial charge in [-0.2, -0.15) is 0 Å². The number of hydrogen-bond donors (Lipinski definition) is 4. The molecule has 2 heterocycles. The first-order chi connectivity index (χ1) is 17.5. The van der Waals surface area contributed by atoms with Crippen molar-refractivity contribution < 1.29 is 34.1 Å². The van der Waals surface area contributed by atoms with Crippen LogP contribution in [0.4, 0.5) is 0 Å². The zero-order chi connectivity index (χ0) is 27.8. The minimum Gasteiger partial charge on any atom is -0.493 e. The topological polar surface area (TPSA) is 151 Å². The van der Waals surface area contributed by atoms with Crippen LogP contribution in [0.15, 0.2) is 18.2 Å². The number of amides is 1. The number of benzene rings is 1. The summed E-state index contributed by atoms with van der Waals surface area (Å²) in [5, 5.41) is 18.0. The molecule has 0 unspecified atom stereocenters. The third-order valence-corrected chi connectivity index (χ3v) is 6.16. The van der Waals surface area contributed by atoms with Gasteiger partial charge in [0.05, 0.1) is 12.5 Å². The number of carbonyl (C=O) groups is 3. The Morgan fingerprint density at radius 3 is 2.16 bits per heavy atom. The lowest BCUT2D eigenvalue weighted by Crippen LogP contribution is -2.47. The third kappa shape index (κ3) is 14.0. The van der Waals surface area contributed by atoms with E-state index >= 15 is 0 Å². The van der Waals surface area contributed by atoms with Gasteiger partial charge in [0, 0.05) is 58.8 Å². The van der Waals surface area contributed by atoms with Crippen LogP contribution in [-0.2, 0) is 19.1 Å². The number of aryl methyl sites for hydroxylation is 2. The van der Waals surface area contributed by atoms with Crippen molar-refractivity contribution in [2.24, 2.45) is 11.7 Å². The summed E-state index contributed by atoms with van der Waals surface area (Å²) in [6.07, 6.45) is 4.65. The predicted octanol–water partition coefficient (Wildman–Crippen LogP) is 2.59. The number of aliphatic carboxylic acids is 2. The van der Waals surface area contributed by atoms with Gasteiger partial charge in [-0.3, -0.25) is 19.3 Å². The molecule has 10 nitrogen and oxygen atoms in total. The Morgan fingerprint density at radius 2 is 1.59 bits per heavy atom. The summed E-state index contributed by atoms with van der Waals surface area (Å²) in [4.78, 5) is 33.2. The molecule has 0 bridgehead atoms. The highest BCUT2D eigenvalue weighted by molar-refractivity contribution is 5.78. The van der Waals surface area contributed by atoms with Crippen molar-refractivity contribution in [3.63, 3.8) is 0 Å². The summed E-state index contributed by atoms with van der Waals surface area (Å²) in [6, 6.07) is 6.81. The lowest BCUT2D eigenvalue weighted by molar-refractivity contribution is -0.135.